The molecule has 0 aromatic rings. The molecule has 1 heterocycles. The van der Waals surface area contributed by atoms with E-state index in [4.69, 9.17) is 10.2 Å². The molecule has 0 bridgehead atoms. The van der Waals surface area contributed by atoms with Crippen molar-refractivity contribution in [3.63, 3.8) is 0 Å². The van der Waals surface area contributed by atoms with E-state index in [0.717, 1.165) is 7.11 Å². The van der Waals surface area contributed by atoms with Gasteiger partial charge in [-0.15, -0.1) is 0 Å². The van der Waals surface area contributed by atoms with Crippen molar-refractivity contribution >= 4 is 18.3 Å². The molecule has 1 fully saturated rings. The fourth-order valence-electron chi connectivity index (χ4n) is 2.55. The molecule has 3 N–H and O–H groups in total. The van der Waals surface area contributed by atoms with Crippen molar-refractivity contribution in [1.29, 1.82) is 0 Å². The molecule has 1 saturated heterocycles. The normalized spacial score (nSPS) is 14.6. The minimum atomic E-state index is -1.01. The molecule has 29 heavy (non-hydrogen) atoms. The van der Waals surface area contributed by atoms with Crippen LogP contribution in [0.25, 0.3) is 0 Å². The summed E-state index contributed by atoms with van der Waals surface area (Å²) in [6.07, 6.45) is 6.28. The smallest absolute Gasteiger partial charge is 0.331 e. The van der Waals surface area contributed by atoms with E-state index in [2.05, 4.69) is 17.3 Å². The summed E-state index contributed by atoms with van der Waals surface area (Å²) in [7, 11) is 4.78. The molecule has 0 aromatic carbocycles. The largest absolute Gasteiger partial charge is 0.478 e. The molecular formula is C21H43N3O5. The van der Waals surface area contributed by atoms with E-state index in [0.29, 0.717) is 6.41 Å². The topological polar surface area (TPSA) is 110 Å². The number of piperidine rings is 1. The lowest BCUT2D eigenvalue weighted by Crippen LogP contribution is -2.43. The summed E-state index contributed by atoms with van der Waals surface area (Å²) in [6, 6.07) is -0.318. The van der Waals surface area contributed by atoms with Gasteiger partial charge in [0.25, 0.3) is 0 Å². The molecule has 8 nitrogen and oxygen atoms in total. The van der Waals surface area contributed by atoms with Crippen LogP contribution < -0.4 is 5.32 Å². The number of nitrogens with one attached hydrogen (secondary N) is 1. The number of aliphatic hydroxyl groups excluding tert-OH is 1. The lowest BCUT2D eigenvalue weighted by molar-refractivity contribution is -0.133. The van der Waals surface area contributed by atoms with Crippen molar-refractivity contribution in [3.8, 4) is 0 Å². The van der Waals surface area contributed by atoms with Crippen molar-refractivity contribution in [2.75, 3.05) is 40.8 Å². The third kappa shape index (κ3) is 16.7. The number of carboxylic acids is 1. The molecule has 0 unspecified atom stereocenters. The Balaban J connectivity index is -0.000000504. The summed E-state index contributed by atoms with van der Waals surface area (Å²) in [5.41, 5.74) is 0.191. The minimum absolute atomic E-state index is 0.0736. The predicted octanol–water partition coefficient (Wildman–Crippen LogP) is 1.98. The first-order valence-electron chi connectivity index (χ1n) is 10.2. The van der Waals surface area contributed by atoms with Crippen LogP contribution in [0.3, 0.4) is 0 Å². The van der Waals surface area contributed by atoms with Gasteiger partial charge in [0.15, 0.2) is 0 Å². The van der Waals surface area contributed by atoms with Crippen LogP contribution in [0.5, 0.6) is 0 Å². The van der Waals surface area contributed by atoms with Crippen molar-refractivity contribution in [2.24, 2.45) is 5.92 Å². The van der Waals surface area contributed by atoms with Gasteiger partial charge in [-0.3, -0.25) is 9.59 Å². The van der Waals surface area contributed by atoms with Crippen molar-refractivity contribution in [2.45, 2.75) is 59.9 Å². The monoisotopic (exact) mass is 417 g/mol. The summed E-state index contributed by atoms with van der Waals surface area (Å²) >= 11 is 0. The molecule has 8 heteroatoms. The summed E-state index contributed by atoms with van der Waals surface area (Å²) < 4.78 is 0. The molecule has 0 spiro atoms. The number of likely N-dealkylation sites (N-methyl/N-ethyl adjacent to an activating group) is 1. The zero-order valence-electron chi connectivity index (χ0n) is 19.6. The average Bonchev–Trinajstić information content (AvgIpc) is 2.73. The number of carboxylic acid groups (broad SMARTS) is 1. The van der Waals surface area contributed by atoms with Gasteiger partial charge in [-0.05, 0) is 45.8 Å². The lowest BCUT2D eigenvalue weighted by Gasteiger charge is -2.29. The van der Waals surface area contributed by atoms with Crippen LogP contribution >= 0.6 is 0 Å². The molecular weight excluding hydrogens is 374 g/mol. The molecule has 1 aliphatic rings. The van der Waals surface area contributed by atoms with Crippen LogP contribution in [0.2, 0.25) is 0 Å². The van der Waals surface area contributed by atoms with Gasteiger partial charge in [0.2, 0.25) is 12.3 Å². The number of carbonyl (C=O) groups is 3. The van der Waals surface area contributed by atoms with Crippen LogP contribution in [0.4, 0.5) is 0 Å². The van der Waals surface area contributed by atoms with E-state index in [-0.39, 0.29) is 30.0 Å². The second-order valence-electron chi connectivity index (χ2n) is 6.76. The van der Waals surface area contributed by atoms with Gasteiger partial charge in [-0.1, -0.05) is 40.2 Å². The van der Waals surface area contributed by atoms with Gasteiger partial charge in [0.1, 0.15) is 0 Å². The van der Waals surface area contributed by atoms with Crippen molar-refractivity contribution < 1.29 is 24.6 Å². The number of likely N-dealkylation sites (tertiary alicyclic amines) is 1. The molecule has 1 atom stereocenters. The summed E-state index contributed by atoms with van der Waals surface area (Å²) in [6.45, 7) is 11.8. The first-order chi connectivity index (χ1) is 13.7. The maximum absolute atomic E-state index is 11.7. The van der Waals surface area contributed by atoms with Crippen molar-refractivity contribution in [3.05, 3.63) is 11.6 Å². The van der Waals surface area contributed by atoms with Crippen LogP contribution in [0, 0.1) is 5.92 Å². The number of aliphatic carboxylic acids is 1. The average molecular weight is 418 g/mol. The maximum Gasteiger partial charge on any atom is 0.331 e. The molecule has 1 rings (SSSR count). The highest BCUT2D eigenvalue weighted by Gasteiger charge is 2.21. The van der Waals surface area contributed by atoms with Crippen LogP contribution in [-0.2, 0) is 14.4 Å². The summed E-state index contributed by atoms with van der Waals surface area (Å²) in [5, 5.41) is 18.1. The van der Waals surface area contributed by atoms with Crippen LogP contribution in [0.15, 0.2) is 11.6 Å². The zero-order chi connectivity index (χ0) is 23.4. The number of carbonyl (C=O) groups excluding carboxylic acids is 2. The first-order valence-corrected chi connectivity index (χ1v) is 10.2. The molecule has 0 saturated carbocycles. The molecule has 1 aliphatic heterocycles. The van der Waals surface area contributed by atoms with E-state index >= 15 is 0 Å². The van der Waals surface area contributed by atoms with Gasteiger partial charge in [-0.25, -0.2) is 4.79 Å². The fourth-order valence-corrected chi connectivity index (χ4v) is 2.55. The number of hydrogen-bond donors (Lipinski definition) is 3. The zero-order valence-corrected chi connectivity index (χ0v) is 19.6. The third-order valence-electron chi connectivity index (χ3n) is 4.20. The molecule has 172 valence electrons. The Hall–Kier alpha value is -1.93. The Labute approximate surface area is 177 Å². The highest BCUT2D eigenvalue weighted by molar-refractivity contribution is 5.86. The lowest BCUT2D eigenvalue weighted by atomic mass is 10.00. The van der Waals surface area contributed by atoms with E-state index in [9.17, 15) is 14.4 Å². The SMILES string of the molecule is C/C(=C\[C@H](C(C)C)N(C)C(=O)CNC=O)C(=O)O.CC.CN1CCCCC1.CO. The van der Waals surface area contributed by atoms with Gasteiger partial charge < -0.3 is 25.3 Å². The Bertz CT molecular complexity index is 461. The number of nitrogens with zero attached hydrogens (tertiary/aromatic N) is 2. The minimum Gasteiger partial charge on any atom is -0.478 e. The molecule has 0 aromatic heterocycles. The highest BCUT2D eigenvalue weighted by atomic mass is 16.4. The highest BCUT2D eigenvalue weighted by Crippen LogP contribution is 2.13. The number of hydrogen-bond acceptors (Lipinski definition) is 5. The number of aliphatic hydroxyl groups is 1. The quantitative estimate of drug-likeness (QED) is 0.432. The van der Waals surface area contributed by atoms with E-state index in [1.54, 1.807) is 13.1 Å². The van der Waals surface area contributed by atoms with Crippen LogP contribution in [0.1, 0.15) is 53.9 Å². The Kier molecular flexibility index (Phi) is 22.8. The van der Waals surface area contributed by atoms with Gasteiger partial charge >= 0.3 is 5.97 Å². The van der Waals surface area contributed by atoms with E-state index in [1.807, 2.05) is 27.7 Å². The van der Waals surface area contributed by atoms with Gasteiger partial charge in [0.05, 0.1) is 12.6 Å². The summed E-state index contributed by atoms with van der Waals surface area (Å²) in [5.74, 6) is -1.20. The van der Waals surface area contributed by atoms with Crippen LogP contribution in [-0.4, -0.2) is 85.2 Å². The summed E-state index contributed by atoms with van der Waals surface area (Å²) in [4.78, 5) is 36.5. The third-order valence-corrected chi connectivity index (χ3v) is 4.20. The van der Waals surface area contributed by atoms with E-state index in [1.165, 1.54) is 44.2 Å². The fraction of sp³-hybridized carbons (Fsp3) is 0.762. The standard InChI is InChI=1S/C12H20N2O4.C6H13N.C2H6.CH4O/c1-8(2)10(5-9(3)12(17)18)14(4)11(16)6-13-7-15;1-7-5-3-2-4-6-7;2*1-2/h5,7-8,10H,6H2,1-4H3,(H,13,15)(H,17,18);2-6H2,1H3;1-2H3;2H,1H3/b9-5+;;;/t10-;;;/m1.../s1. The van der Waals surface area contributed by atoms with Gasteiger partial charge in [-0.2, -0.15) is 0 Å². The predicted molar refractivity (Wildman–Crippen MR) is 118 cm³/mol. The first kappa shape index (κ1) is 31.8. The Morgan fingerprint density at radius 2 is 1.62 bits per heavy atom. The van der Waals surface area contributed by atoms with Crippen molar-refractivity contribution in [1.82, 2.24) is 15.1 Å². The second-order valence-corrected chi connectivity index (χ2v) is 6.76. The Morgan fingerprint density at radius 1 is 1.14 bits per heavy atom. The van der Waals surface area contributed by atoms with Gasteiger partial charge in [0, 0.05) is 19.7 Å². The number of rotatable bonds is 7. The molecule has 2 amide bonds. The number of amides is 2. The van der Waals surface area contributed by atoms with E-state index < -0.39 is 5.97 Å². The maximum atomic E-state index is 11.7. The second kappa shape index (κ2) is 20.8. The molecule has 0 radical (unpaired) electrons. The molecule has 0 aliphatic carbocycles. The Morgan fingerprint density at radius 3 is 1.93 bits per heavy atom.